The van der Waals surface area contributed by atoms with Crippen LogP contribution in [-0.4, -0.2) is 24.5 Å². The van der Waals surface area contributed by atoms with Crippen molar-refractivity contribution < 1.29 is 9.53 Å². The maximum absolute atomic E-state index is 12.1. The highest BCUT2D eigenvalue weighted by molar-refractivity contribution is 7.11. The van der Waals surface area contributed by atoms with E-state index in [0.717, 1.165) is 19.3 Å². The number of fused-ring (bicyclic) bond motifs is 1. The Kier molecular flexibility index (Phi) is 5.28. The molecule has 0 bridgehead atoms. The third-order valence-corrected chi connectivity index (χ3v) is 5.29. The van der Waals surface area contributed by atoms with Gasteiger partial charge in [-0.25, -0.2) is 4.98 Å². The summed E-state index contributed by atoms with van der Waals surface area (Å²) in [4.78, 5) is 18.3. The van der Waals surface area contributed by atoms with E-state index in [-0.39, 0.29) is 5.91 Å². The van der Waals surface area contributed by atoms with Crippen LogP contribution in [0.4, 0.5) is 0 Å². The minimum Gasteiger partial charge on any atom is -0.497 e. The second-order valence-electron chi connectivity index (χ2n) is 5.78. The maximum atomic E-state index is 12.1. The molecule has 1 N–H and O–H groups in total. The average Bonchev–Trinajstić information content (AvgIpc) is 3.01. The standard InChI is InChI=1S/C18H22N2O2S/c1-22-14-7-4-6-13(12-14)18(21)19-11-5-10-17-20-15-8-2-3-9-16(15)23-17/h4,6-7,12H,2-3,5,8-11H2,1H3,(H,19,21). The first-order valence-corrected chi connectivity index (χ1v) is 8.97. The predicted molar refractivity (Wildman–Crippen MR) is 92.4 cm³/mol. The van der Waals surface area contributed by atoms with E-state index in [4.69, 9.17) is 9.72 Å². The van der Waals surface area contributed by atoms with Crippen molar-refractivity contribution >= 4 is 17.2 Å². The van der Waals surface area contributed by atoms with E-state index in [1.807, 2.05) is 23.5 Å². The van der Waals surface area contributed by atoms with Gasteiger partial charge in [0.05, 0.1) is 17.8 Å². The van der Waals surface area contributed by atoms with Gasteiger partial charge in [-0.2, -0.15) is 0 Å². The number of aromatic nitrogens is 1. The molecular formula is C18H22N2O2S. The number of carbonyl (C=O) groups excluding carboxylic acids is 1. The number of hydrogen-bond donors (Lipinski definition) is 1. The molecule has 2 aromatic rings. The van der Waals surface area contributed by atoms with Gasteiger partial charge < -0.3 is 10.1 Å². The molecule has 1 amide bonds. The monoisotopic (exact) mass is 330 g/mol. The number of benzene rings is 1. The highest BCUT2D eigenvalue weighted by Crippen LogP contribution is 2.27. The minimum atomic E-state index is -0.0534. The first-order valence-electron chi connectivity index (χ1n) is 8.16. The predicted octanol–water partition coefficient (Wildman–Crippen LogP) is 3.39. The second kappa shape index (κ2) is 7.59. The molecule has 0 fully saturated rings. The number of ether oxygens (including phenoxy) is 1. The van der Waals surface area contributed by atoms with E-state index in [9.17, 15) is 4.79 Å². The molecule has 1 aromatic heterocycles. The summed E-state index contributed by atoms with van der Waals surface area (Å²) in [5, 5.41) is 4.18. The molecule has 0 atom stereocenters. The molecule has 1 aromatic carbocycles. The molecule has 0 unspecified atom stereocenters. The van der Waals surface area contributed by atoms with E-state index in [0.29, 0.717) is 17.9 Å². The Labute approximate surface area is 140 Å². The Bertz CT molecular complexity index is 658. The lowest BCUT2D eigenvalue weighted by Crippen LogP contribution is -2.24. The molecule has 23 heavy (non-hydrogen) atoms. The van der Waals surface area contributed by atoms with Gasteiger partial charge in [-0.1, -0.05) is 6.07 Å². The van der Waals surface area contributed by atoms with Crippen LogP contribution in [-0.2, 0) is 19.3 Å². The van der Waals surface area contributed by atoms with Gasteiger partial charge in [0, 0.05) is 23.4 Å². The smallest absolute Gasteiger partial charge is 0.251 e. The second-order valence-corrected chi connectivity index (χ2v) is 6.94. The van der Waals surface area contributed by atoms with Crippen LogP contribution in [0, 0.1) is 0 Å². The summed E-state index contributed by atoms with van der Waals surface area (Å²) in [5.41, 5.74) is 1.95. The zero-order chi connectivity index (χ0) is 16.1. The number of nitrogens with one attached hydrogen (secondary N) is 1. The van der Waals surface area contributed by atoms with Crippen LogP contribution < -0.4 is 10.1 Å². The van der Waals surface area contributed by atoms with Crippen LogP contribution in [0.3, 0.4) is 0 Å². The van der Waals surface area contributed by atoms with Crippen molar-refractivity contribution in [2.24, 2.45) is 0 Å². The van der Waals surface area contributed by atoms with E-state index in [1.165, 1.54) is 34.8 Å². The van der Waals surface area contributed by atoms with E-state index < -0.39 is 0 Å². The fourth-order valence-electron chi connectivity index (χ4n) is 2.82. The van der Waals surface area contributed by atoms with Gasteiger partial charge >= 0.3 is 0 Å². The van der Waals surface area contributed by atoms with Crippen LogP contribution in [0.15, 0.2) is 24.3 Å². The number of rotatable bonds is 6. The van der Waals surface area contributed by atoms with Crippen LogP contribution in [0.2, 0.25) is 0 Å². The van der Waals surface area contributed by atoms with Crippen molar-refractivity contribution in [2.75, 3.05) is 13.7 Å². The van der Waals surface area contributed by atoms with Crippen molar-refractivity contribution in [2.45, 2.75) is 38.5 Å². The van der Waals surface area contributed by atoms with Crippen LogP contribution in [0.1, 0.15) is 45.2 Å². The van der Waals surface area contributed by atoms with Gasteiger partial charge in [0.1, 0.15) is 5.75 Å². The molecule has 0 aliphatic heterocycles. The minimum absolute atomic E-state index is 0.0534. The first kappa shape index (κ1) is 16.0. The maximum Gasteiger partial charge on any atom is 0.251 e. The lowest BCUT2D eigenvalue weighted by Gasteiger charge is -2.06. The topological polar surface area (TPSA) is 51.2 Å². The highest BCUT2D eigenvalue weighted by Gasteiger charge is 2.14. The highest BCUT2D eigenvalue weighted by atomic mass is 32.1. The van der Waals surface area contributed by atoms with Gasteiger partial charge in [0.25, 0.3) is 5.91 Å². The number of methoxy groups -OCH3 is 1. The molecule has 3 rings (SSSR count). The van der Waals surface area contributed by atoms with Crippen LogP contribution in [0.5, 0.6) is 5.75 Å². The Morgan fingerprint density at radius 1 is 1.35 bits per heavy atom. The third-order valence-electron chi connectivity index (χ3n) is 4.07. The Hall–Kier alpha value is -1.88. The van der Waals surface area contributed by atoms with Gasteiger partial charge in [0.2, 0.25) is 0 Å². The molecule has 1 aliphatic carbocycles. The summed E-state index contributed by atoms with van der Waals surface area (Å²) in [6, 6.07) is 7.21. The van der Waals surface area contributed by atoms with Crippen molar-refractivity contribution in [1.29, 1.82) is 0 Å². The molecule has 0 spiro atoms. The van der Waals surface area contributed by atoms with E-state index in [1.54, 1.807) is 19.2 Å². The Morgan fingerprint density at radius 3 is 3.04 bits per heavy atom. The van der Waals surface area contributed by atoms with E-state index in [2.05, 4.69) is 5.32 Å². The fraction of sp³-hybridized carbons (Fsp3) is 0.444. The summed E-state index contributed by atoms with van der Waals surface area (Å²) < 4.78 is 5.14. The third kappa shape index (κ3) is 4.10. The average molecular weight is 330 g/mol. The first-order chi connectivity index (χ1) is 11.3. The summed E-state index contributed by atoms with van der Waals surface area (Å²) in [6.07, 6.45) is 6.76. The molecular weight excluding hydrogens is 308 g/mol. The lowest BCUT2D eigenvalue weighted by molar-refractivity contribution is 0.0953. The zero-order valence-electron chi connectivity index (χ0n) is 13.4. The molecule has 0 radical (unpaired) electrons. The fourth-order valence-corrected chi connectivity index (χ4v) is 4.02. The van der Waals surface area contributed by atoms with Crippen molar-refractivity contribution in [3.8, 4) is 5.75 Å². The van der Waals surface area contributed by atoms with Gasteiger partial charge in [0.15, 0.2) is 0 Å². The molecule has 5 heteroatoms. The number of thiazole rings is 1. The SMILES string of the molecule is COc1cccc(C(=O)NCCCc2nc3c(s2)CCCC3)c1. The molecule has 4 nitrogen and oxygen atoms in total. The van der Waals surface area contributed by atoms with Crippen LogP contribution >= 0.6 is 11.3 Å². The summed E-state index contributed by atoms with van der Waals surface area (Å²) in [7, 11) is 1.60. The number of aryl methyl sites for hydroxylation is 3. The summed E-state index contributed by atoms with van der Waals surface area (Å²) in [6.45, 7) is 0.667. The number of carbonyl (C=O) groups is 1. The largest absolute Gasteiger partial charge is 0.497 e. The number of amides is 1. The van der Waals surface area contributed by atoms with E-state index >= 15 is 0 Å². The molecule has 0 saturated carbocycles. The van der Waals surface area contributed by atoms with Gasteiger partial charge in [-0.3, -0.25) is 4.79 Å². The van der Waals surface area contributed by atoms with Gasteiger partial charge in [-0.15, -0.1) is 11.3 Å². The molecule has 1 aliphatic rings. The Balaban J connectivity index is 1.45. The Morgan fingerprint density at radius 2 is 2.22 bits per heavy atom. The normalized spacial score (nSPS) is 13.4. The van der Waals surface area contributed by atoms with Crippen molar-refractivity contribution in [3.63, 3.8) is 0 Å². The van der Waals surface area contributed by atoms with Crippen molar-refractivity contribution in [3.05, 3.63) is 45.4 Å². The van der Waals surface area contributed by atoms with Crippen LogP contribution in [0.25, 0.3) is 0 Å². The number of nitrogens with zero attached hydrogens (tertiary/aromatic N) is 1. The zero-order valence-corrected chi connectivity index (χ0v) is 14.2. The summed E-state index contributed by atoms with van der Waals surface area (Å²) in [5.74, 6) is 0.647. The molecule has 0 saturated heterocycles. The quantitative estimate of drug-likeness (QED) is 0.826. The molecule has 122 valence electrons. The number of hydrogen-bond acceptors (Lipinski definition) is 4. The lowest BCUT2D eigenvalue weighted by atomic mass is 10.0. The van der Waals surface area contributed by atoms with Crippen molar-refractivity contribution in [1.82, 2.24) is 10.3 Å². The molecule has 1 heterocycles. The van der Waals surface area contributed by atoms with Gasteiger partial charge in [-0.05, 0) is 50.3 Å². The summed E-state index contributed by atoms with van der Waals surface area (Å²) >= 11 is 1.86.